The number of nitriles is 1. The van der Waals surface area contributed by atoms with Crippen LogP contribution >= 0.6 is 15.9 Å². The minimum absolute atomic E-state index is 0.628. The van der Waals surface area contributed by atoms with Crippen molar-refractivity contribution in [1.82, 2.24) is 0 Å². The summed E-state index contributed by atoms with van der Waals surface area (Å²) in [6.45, 7) is 4.17. The lowest BCUT2D eigenvalue weighted by Gasteiger charge is -2.27. The zero-order valence-corrected chi connectivity index (χ0v) is 20.2. The molecule has 0 bridgehead atoms. The molecule has 4 aromatic carbocycles. The van der Waals surface area contributed by atoms with Crippen molar-refractivity contribution >= 4 is 44.6 Å². The van der Waals surface area contributed by atoms with Gasteiger partial charge in [-0.2, -0.15) is 5.26 Å². The lowest BCUT2D eigenvalue weighted by Crippen LogP contribution is -2.24. The Morgan fingerprint density at radius 1 is 0.758 bits per heavy atom. The number of rotatable bonds is 6. The van der Waals surface area contributed by atoms with Crippen LogP contribution in [0.5, 0.6) is 0 Å². The molecule has 0 spiro atoms. The Hall–Kier alpha value is -3.81. The van der Waals surface area contributed by atoms with Crippen LogP contribution in [0.3, 0.4) is 0 Å². The summed E-state index contributed by atoms with van der Waals surface area (Å²) in [7, 11) is 0. The normalized spacial score (nSPS) is 11.0. The molecule has 0 unspecified atom stereocenters. The molecule has 0 amide bonds. The molecule has 0 aliphatic carbocycles. The molecule has 4 aromatic rings. The second-order valence-electron chi connectivity index (χ2n) is 7.92. The molecule has 33 heavy (non-hydrogen) atoms. The van der Waals surface area contributed by atoms with Gasteiger partial charge in [0.1, 0.15) is 0 Å². The van der Waals surface area contributed by atoms with E-state index in [9.17, 15) is 5.26 Å². The number of halogens is 1. The quantitative estimate of drug-likeness (QED) is 0.167. The second-order valence-corrected chi connectivity index (χ2v) is 8.83. The van der Waals surface area contributed by atoms with Gasteiger partial charge in [0.05, 0.1) is 28.7 Å². The lowest BCUT2D eigenvalue weighted by atomic mass is 10.0. The molecule has 0 aromatic heterocycles. The first-order valence-electron chi connectivity index (χ1n) is 10.7. The van der Waals surface area contributed by atoms with E-state index in [1.807, 2.05) is 42.5 Å². The molecular formula is C29H24BrN3. The highest BCUT2D eigenvalue weighted by molar-refractivity contribution is 9.10. The number of aryl methyl sites for hydroxylation is 2. The van der Waals surface area contributed by atoms with Crippen molar-refractivity contribution in [2.45, 2.75) is 13.8 Å². The minimum atomic E-state index is 0.628. The van der Waals surface area contributed by atoms with Crippen LogP contribution in [0.25, 0.3) is 11.6 Å². The van der Waals surface area contributed by atoms with Gasteiger partial charge >= 0.3 is 0 Å². The van der Waals surface area contributed by atoms with Crippen molar-refractivity contribution in [2.24, 2.45) is 0 Å². The van der Waals surface area contributed by atoms with E-state index < -0.39 is 0 Å². The molecular weight excluding hydrogens is 470 g/mol. The molecule has 0 saturated heterocycles. The first-order chi connectivity index (χ1) is 16.0. The zero-order chi connectivity index (χ0) is 23.2. The molecule has 0 saturated carbocycles. The van der Waals surface area contributed by atoms with Crippen LogP contribution in [0, 0.1) is 25.2 Å². The summed E-state index contributed by atoms with van der Waals surface area (Å²) in [6.07, 6.45) is 1.91. The fourth-order valence-corrected chi connectivity index (χ4v) is 3.69. The Balaban J connectivity index is 1.65. The third-order valence-electron chi connectivity index (χ3n) is 5.32. The van der Waals surface area contributed by atoms with E-state index in [-0.39, 0.29) is 0 Å². The maximum atomic E-state index is 9.66. The van der Waals surface area contributed by atoms with Crippen LogP contribution in [0.4, 0.5) is 17.1 Å². The summed E-state index contributed by atoms with van der Waals surface area (Å²) >= 11 is 3.44. The molecule has 3 nitrogen and oxygen atoms in total. The third-order valence-corrected chi connectivity index (χ3v) is 5.85. The predicted molar refractivity (Wildman–Crippen MR) is 142 cm³/mol. The van der Waals surface area contributed by atoms with E-state index in [1.165, 1.54) is 11.1 Å². The van der Waals surface area contributed by atoms with Crippen LogP contribution in [-0.4, -0.2) is 0 Å². The van der Waals surface area contributed by atoms with E-state index in [1.54, 1.807) is 0 Å². The van der Waals surface area contributed by atoms with Gasteiger partial charge in [0, 0.05) is 4.47 Å². The molecule has 1 N–H and O–H groups in total. The van der Waals surface area contributed by atoms with Gasteiger partial charge in [-0.25, -0.2) is 0 Å². The largest absolute Gasteiger partial charge is 0.294 e. The fraction of sp³-hybridized carbons (Fsp3) is 0.0690. The molecule has 0 radical (unpaired) electrons. The molecule has 0 aliphatic rings. The SMILES string of the molecule is Cc1ccc(NN(c2ccc(C)cc2)c2ccc(/C=C(\C#N)c3ccc(Br)cc3)cc2)cc1. The van der Waals surface area contributed by atoms with Crippen molar-refractivity contribution in [3.63, 3.8) is 0 Å². The van der Waals surface area contributed by atoms with Gasteiger partial charge in [0.25, 0.3) is 0 Å². The van der Waals surface area contributed by atoms with Gasteiger partial charge < -0.3 is 0 Å². The summed E-state index contributed by atoms with van der Waals surface area (Å²) < 4.78 is 0.991. The molecule has 0 atom stereocenters. The number of allylic oxidation sites excluding steroid dienone is 1. The average Bonchev–Trinajstić information content (AvgIpc) is 2.84. The number of hydrazine groups is 1. The standard InChI is InChI=1S/C29H24BrN3/c1-21-3-13-27(14-4-21)32-33(28-15-5-22(2)6-16-28)29-17-7-23(8-18-29)19-25(20-31)24-9-11-26(30)12-10-24/h3-19,32H,1-2H3/b25-19+. The average molecular weight is 494 g/mol. The van der Waals surface area contributed by atoms with E-state index in [2.05, 4.69) is 107 Å². The Labute approximate surface area is 203 Å². The molecule has 162 valence electrons. The van der Waals surface area contributed by atoms with Gasteiger partial charge in [-0.3, -0.25) is 10.4 Å². The first kappa shape index (κ1) is 22.4. The van der Waals surface area contributed by atoms with Crippen LogP contribution in [-0.2, 0) is 0 Å². The minimum Gasteiger partial charge on any atom is -0.294 e. The Morgan fingerprint density at radius 3 is 1.82 bits per heavy atom. The van der Waals surface area contributed by atoms with Crippen molar-refractivity contribution < 1.29 is 0 Å². The molecule has 0 aliphatic heterocycles. The second kappa shape index (κ2) is 10.2. The molecule has 4 rings (SSSR count). The Kier molecular flexibility index (Phi) is 6.92. The number of benzene rings is 4. The van der Waals surface area contributed by atoms with Crippen LogP contribution in [0.1, 0.15) is 22.3 Å². The lowest BCUT2D eigenvalue weighted by molar-refractivity contribution is 1.16. The van der Waals surface area contributed by atoms with Gasteiger partial charge in [0.15, 0.2) is 0 Å². The van der Waals surface area contributed by atoms with E-state index in [0.29, 0.717) is 5.57 Å². The Morgan fingerprint density at radius 2 is 1.27 bits per heavy atom. The number of nitrogens with zero attached hydrogens (tertiary/aromatic N) is 2. The molecule has 0 heterocycles. The fourth-order valence-electron chi connectivity index (χ4n) is 3.43. The van der Waals surface area contributed by atoms with Crippen molar-refractivity contribution in [1.29, 1.82) is 5.26 Å². The number of anilines is 3. The maximum absolute atomic E-state index is 9.66. The summed E-state index contributed by atoms with van der Waals surface area (Å²) in [5, 5.41) is 11.7. The third kappa shape index (κ3) is 5.71. The van der Waals surface area contributed by atoms with Crippen molar-refractivity contribution in [3.8, 4) is 6.07 Å². The van der Waals surface area contributed by atoms with E-state index in [0.717, 1.165) is 32.7 Å². The summed E-state index contributed by atoms with van der Waals surface area (Å²) in [6, 6.07) is 35.0. The molecule has 0 fully saturated rings. The van der Waals surface area contributed by atoms with E-state index in [4.69, 9.17) is 0 Å². The van der Waals surface area contributed by atoms with Gasteiger partial charge in [-0.05, 0) is 79.6 Å². The monoisotopic (exact) mass is 493 g/mol. The number of hydrogen-bond donors (Lipinski definition) is 1. The van der Waals surface area contributed by atoms with Crippen LogP contribution in [0.2, 0.25) is 0 Å². The van der Waals surface area contributed by atoms with E-state index >= 15 is 0 Å². The number of hydrogen-bond acceptors (Lipinski definition) is 3. The summed E-state index contributed by atoms with van der Waals surface area (Å²) in [4.78, 5) is 0. The predicted octanol–water partition coefficient (Wildman–Crippen LogP) is 8.30. The maximum Gasteiger partial charge on any atom is 0.0998 e. The van der Waals surface area contributed by atoms with Crippen LogP contribution < -0.4 is 10.4 Å². The topological polar surface area (TPSA) is 39.1 Å². The highest BCUT2D eigenvalue weighted by Crippen LogP contribution is 2.28. The van der Waals surface area contributed by atoms with Gasteiger partial charge in [-0.15, -0.1) is 0 Å². The smallest absolute Gasteiger partial charge is 0.0998 e. The van der Waals surface area contributed by atoms with Crippen molar-refractivity contribution in [2.75, 3.05) is 10.4 Å². The number of nitrogens with one attached hydrogen (secondary N) is 1. The van der Waals surface area contributed by atoms with Crippen LogP contribution in [0.15, 0.2) is 102 Å². The summed E-state index contributed by atoms with van der Waals surface area (Å²) in [5.41, 5.74) is 11.5. The van der Waals surface area contributed by atoms with Crippen molar-refractivity contribution in [3.05, 3.63) is 124 Å². The molecule has 4 heteroatoms. The first-order valence-corrected chi connectivity index (χ1v) is 11.5. The highest BCUT2D eigenvalue weighted by atomic mass is 79.9. The zero-order valence-electron chi connectivity index (χ0n) is 18.6. The summed E-state index contributed by atoms with van der Waals surface area (Å²) in [5.74, 6) is 0. The highest BCUT2D eigenvalue weighted by Gasteiger charge is 2.10. The Bertz CT molecular complexity index is 1280. The van der Waals surface area contributed by atoms with Gasteiger partial charge in [-0.1, -0.05) is 75.6 Å². The van der Waals surface area contributed by atoms with Gasteiger partial charge in [0.2, 0.25) is 0 Å².